The highest BCUT2D eigenvalue weighted by atomic mass is 35.5. The third-order valence-electron chi connectivity index (χ3n) is 4.71. The number of fused-ring (bicyclic) bond motifs is 1. The maximum absolute atomic E-state index is 13.2. The Bertz CT molecular complexity index is 1070. The minimum atomic E-state index is -0.751. The van der Waals surface area contributed by atoms with Crippen molar-refractivity contribution >= 4 is 40.9 Å². The maximum atomic E-state index is 13.2. The molecule has 3 aromatic rings. The smallest absolute Gasteiger partial charge is 0.320 e. The Kier molecular flexibility index (Phi) is 5.51. The van der Waals surface area contributed by atoms with E-state index in [2.05, 4.69) is 4.74 Å². The van der Waals surface area contributed by atoms with Crippen molar-refractivity contribution in [3.8, 4) is 5.75 Å². The first kappa shape index (κ1) is 19.6. The highest BCUT2D eigenvalue weighted by molar-refractivity contribution is 6.30. The van der Waals surface area contributed by atoms with E-state index in [0.717, 1.165) is 0 Å². The second-order valence-corrected chi connectivity index (χ2v) is 6.72. The van der Waals surface area contributed by atoms with Crippen LogP contribution in [0.5, 0.6) is 5.75 Å². The molecule has 6 nitrogen and oxygen atoms in total. The van der Waals surface area contributed by atoms with Crippen LogP contribution >= 0.6 is 11.6 Å². The normalized spacial score (nSPS) is 11.9. The third-order valence-corrected chi connectivity index (χ3v) is 4.96. The average Bonchev–Trinajstić information content (AvgIpc) is 2.98. The summed E-state index contributed by atoms with van der Waals surface area (Å²) in [5, 5.41) is 1.20. The Morgan fingerprint density at radius 3 is 2.43 bits per heavy atom. The first-order valence-electron chi connectivity index (χ1n) is 8.52. The van der Waals surface area contributed by atoms with E-state index in [9.17, 15) is 14.4 Å². The van der Waals surface area contributed by atoms with Gasteiger partial charge in [0.05, 0.1) is 18.5 Å². The van der Waals surface area contributed by atoms with E-state index in [0.29, 0.717) is 38.5 Å². The highest BCUT2D eigenvalue weighted by Gasteiger charge is 2.27. The summed E-state index contributed by atoms with van der Waals surface area (Å²) in [7, 11) is 1.54. The van der Waals surface area contributed by atoms with Crippen LogP contribution in [-0.2, 0) is 14.3 Å². The van der Waals surface area contributed by atoms with Crippen LogP contribution in [0.3, 0.4) is 0 Å². The van der Waals surface area contributed by atoms with E-state index in [1.54, 1.807) is 56.3 Å². The lowest BCUT2D eigenvalue weighted by Crippen LogP contribution is -2.16. The predicted octanol–water partition coefficient (Wildman–Crippen LogP) is 4.10. The van der Waals surface area contributed by atoms with Gasteiger partial charge in [-0.15, -0.1) is 0 Å². The second kappa shape index (κ2) is 7.86. The number of carbonyl (C=O) groups excluding carboxylic acids is 3. The van der Waals surface area contributed by atoms with E-state index in [1.165, 1.54) is 11.7 Å². The Balaban J connectivity index is 2.24. The van der Waals surface area contributed by atoms with Crippen molar-refractivity contribution in [1.82, 2.24) is 4.57 Å². The van der Waals surface area contributed by atoms with E-state index in [-0.39, 0.29) is 12.4 Å². The molecule has 3 rings (SSSR count). The summed E-state index contributed by atoms with van der Waals surface area (Å²) in [6.07, 6.45) is 0. The van der Waals surface area contributed by atoms with Crippen LogP contribution in [0.2, 0.25) is 5.02 Å². The van der Waals surface area contributed by atoms with Crippen molar-refractivity contribution in [2.24, 2.45) is 0 Å². The van der Waals surface area contributed by atoms with E-state index in [1.807, 2.05) is 0 Å². The number of halogens is 1. The van der Waals surface area contributed by atoms with Crippen LogP contribution in [0.1, 0.15) is 34.5 Å². The number of rotatable bonds is 5. The maximum Gasteiger partial charge on any atom is 0.320 e. The lowest BCUT2D eigenvalue weighted by molar-refractivity contribution is -0.152. The number of hydrogen-bond donors (Lipinski definition) is 0. The van der Waals surface area contributed by atoms with E-state index < -0.39 is 11.9 Å². The molecule has 1 atom stereocenters. The average molecular weight is 400 g/mol. The lowest BCUT2D eigenvalue weighted by Gasteiger charge is -2.11. The fourth-order valence-corrected chi connectivity index (χ4v) is 3.47. The Morgan fingerprint density at radius 2 is 1.82 bits per heavy atom. The first-order valence-corrected chi connectivity index (χ1v) is 8.90. The largest absolute Gasteiger partial charge is 0.497 e. The summed E-state index contributed by atoms with van der Waals surface area (Å²) in [6, 6.07) is 11.8. The van der Waals surface area contributed by atoms with Gasteiger partial charge in [-0.3, -0.25) is 19.0 Å². The molecule has 144 valence electrons. The molecule has 0 saturated heterocycles. The van der Waals surface area contributed by atoms with Crippen molar-refractivity contribution in [3.05, 3.63) is 64.3 Å². The molecule has 0 radical (unpaired) electrons. The molecule has 7 heteroatoms. The number of ether oxygens (including phenoxy) is 2. The Labute approximate surface area is 166 Å². The topological polar surface area (TPSA) is 74.6 Å². The predicted molar refractivity (Wildman–Crippen MR) is 105 cm³/mol. The number of nitrogens with zero attached hydrogens (tertiary/aromatic N) is 1. The minimum Gasteiger partial charge on any atom is -0.497 e. The zero-order valence-corrected chi connectivity index (χ0v) is 16.3. The highest BCUT2D eigenvalue weighted by Crippen LogP contribution is 2.35. The van der Waals surface area contributed by atoms with Crippen molar-refractivity contribution in [2.45, 2.75) is 19.8 Å². The van der Waals surface area contributed by atoms with Gasteiger partial charge in [0.1, 0.15) is 5.75 Å². The molecule has 0 saturated carbocycles. The molecule has 1 aromatic heterocycles. The Hall–Kier alpha value is -3.12. The summed E-state index contributed by atoms with van der Waals surface area (Å²) in [6.45, 7) is 3.48. The molecular weight excluding hydrogens is 382 g/mol. The van der Waals surface area contributed by atoms with Gasteiger partial charge in [-0.05, 0) is 61.9 Å². The van der Waals surface area contributed by atoms with Gasteiger partial charge in [0.2, 0.25) is 0 Å². The summed E-state index contributed by atoms with van der Waals surface area (Å²) in [5.41, 5.74) is 2.26. The summed E-state index contributed by atoms with van der Waals surface area (Å²) < 4.78 is 11.4. The number of methoxy groups -OCH3 is 1. The molecule has 0 amide bonds. The van der Waals surface area contributed by atoms with Crippen LogP contribution in [0, 0.1) is 6.92 Å². The fourth-order valence-electron chi connectivity index (χ4n) is 3.35. The van der Waals surface area contributed by atoms with Crippen LogP contribution in [-0.4, -0.2) is 30.0 Å². The van der Waals surface area contributed by atoms with Gasteiger partial charge < -0.3 is 9.47 Å². The number of aromatic nitrogens is 1. The quantitative estimate of drug-likeness (QED) is 0.367. The van der Waals surface area contributed by atoms with Crippen molar-refractivity contribution in [1.29, 1.82) is 0 Å². The molecule has 1 unspecified atom stereocenters. The monoisotopic (exact) mass is 399 g/mol. The number of carbonyl (C=O) groups is 3. The molecule has 0 aliphatic rings. The van der Waals surface area contributed by atoms with Gasteiger partial charge in [-0.1, -0.05) is 11.6 Å². The van der Waals surface area contributed by atoms with Crippen molar-refractivity contribution in [2.75, 3.05) is 7.11 Å². The van der Waals surface area contributed by atoms with Gasteiger partial charge in [-0.2, -0.15) is 0 Å². The zero-order valence-electron chi connectivity index (χ0n) is 15.6. The molecule has 0 aliphatic heterocycles. The van der Waals surface area contributed by atoms with Gasteiger partial charge in [0.15, 0.2) is 0 Å². The van der Waals surface area contributed by atoms with Crippen LogP contribution < -0.4 is 4.74 Å². The molecule has 0 aliphatic carbocycles. The van der Waals surface area contributed by atoms with Crippen LogP contribution in [0.4, 0.5) is 0 Å². The van der Waals surface area contributed by atoms with Gasteiger partial charge in [0.25, 0.3) is 5.91 Å². The van der Waals surface area contributed by atoms with Gasteiger partial charge >= 0.3 is 12.4 Å². The second-order valence-electron chi connectivity index (χ2n) is 6.28. The Morgan fingerprint density at radius 1 is 1.14 bits per heavy atom. The van der Waals surface area contributed by atoms with Gasteiger partial charge in [0, 0.05) is 21.7 Å². The summed E-state index contributed by atoms with van der Waals surface area (Å²) in [5.74, 6) is -1.12. The fraction of sp³-hybridized carbons (Fsp3) is 0.190. The summed E-state index contributed by atoms with van der Waals surface area (Å²) >= 11 is 5.92. The van der Waals surface area contributed by atoms with E-state index in [4.69, 9.17) is 16.3 Å². The molecule has 28 heavy (non-hydrogen) atoms. The molecule has 2 aromatic carbocycles. The van der Waals surface area contributed by atoms with Crippen molar-refractivity contribution in [3.63, 3.8) is 0 Å². The minimum absolute atomic E-state index is 0.104. The summed E-state index contributed by atoms with van der Waals surface area (Å²) in [4.78, 5) is 36.0. The molecule has 0 bridgehead atoms. The SMILES string of the molecule is COc1ccc2c(c1)c(C(C)C(=O)OC=O)c(C)n2C(=O)c1ccc(Cl)cc1. The third kappa shape index (κ3) is 3.39. The number of esters is 1. The van der Waals surface area contributed by atoms with E-state index >= 15 is 0 Å². The molecule has 0 spiro atoms. The molecular formula is C21H18ClNO5. The van der Waals surface area contributed by atoms with Crippen LogP contribution in [0.15, 0.2) is 42.5 Å². The number of hydrogen-bond acceptors (Lipinski definition) is 5. The standard InChI is InChI=1S/C21H18ClNO5/c1-12(21(26)28-11-24)19-13(2)23(18-9-8-16(27-3)10-17(18)19)20(25)14-4-6-15(22)7-5-14/h4-12H,1-3H3. The zero-order chi connectivity index (χ0) is 20.4. The number of benzene rings is 2. The first-order chi connectivity index (χ1) is 13.4. The lowest BCUT2D eigenvalue weighted by atomic mass is 9.98. The van der Waals surface area contributed by atoms with Gasteiger partial charge in [-0.25, -0.2) is 0 Å². The molecule has 1 heterocycles. The molecule has 0 N–H and O–H groups in total. The van der Waals surface area contributed by atoms with Crippen LogP contribution in [0.25, 0.3) is 10.9 Å². The molecule has 0 fully saturated rings. The van der Waals surface area contributed by atoms with Crippen molar-refractivity contribution < 1.29 is 23.9 Å².